The highest BCUT2D eigenvalue weighted by molar-refractivity contribution is 4.78. The Labute approximate surface area is 113 Å². The number of hydrogen-bond donors (Lipinski definition) is 1. The molecule has 0 radical (unpaired) electrons. The molecule has 0 aromatic rings. The van der Waals surface area contributed by atoms with Gasteiger partial charge in [0.2, 0.25) is 0 Å². The monoisotopic (exact) mass is 253 g/mol. The fourth-order valence-electron chi connectivity index (χ4n) is 3.28. The van der Waals surface area contributed by atoms with E-state index in [2.05, 4.69) is 29.1 Å². The maximum absolute atomic E-state index is 3.84. The molecule has 3 nitrogen and oxygen atoms in total. The van der Waals surface area contributed by atoms with Gasteiger partial charge < -0.3 is 15.1 Å². The molecule has 0 spiro atoms. The summed E-state index contributed by atoms with van der Waals surface area (Å²) >= 11 is 0. The number of piperidine rings is 1. The quantitative estimate of drug-likeness (QED) is 0.824. The molecule has 0 aromatic carbocycles. The van der Waals surface area contributed by atoms with Gasteiger partial charge in [0.15, 0.2) is 0 Å². The Morgan fingerprint density at radius 2 is 1.78 bits per heavy atom. The average Bonchev–Trinajstić information content (AvgIpc) is 2.62. The summed E-state index contributed by atoms with van der Waals surface area (Å²) in [6.45, 7) is 9.95. The maximum Gasteiger partial charge on any atom is 0.00798 e. The zero-order chi connectivity index (χ0) is 12.8. The van der Waals surface area contributed by atoms with Crippen LogP contribution in [0.3, 0.4) is 0 Å². The molecule has 2 aliphatic heterocycles. The lowest BCUT2D eigenvalue weighted by molar-refractivity contribution is 0.186. The Morgan fingerprint density at radius 1 is 1.00 bits per heavy atom. The lowest BCUT2D eigenvalue weighted by Gasteiger charge is -2.32. The normalized spacial score (nSPS) is 29.3. The van der Waals surface area contributed by atoms with Gasteiger partial charge in [-0.25, -0.2) is 0 Å². The summed E-state index contributed by atoms with van der Waals surface area (Å²) in [6.07, 6.45) is 6.87. The fourth-order valence-corrected chi connectivity index (χ4v) is 3.28. The van der Waals surface area contributed by atoms with Crippen LogP contribution in [0.2, 0.25) is 0 Å². The van der Waals surface area contributed by atoms with Crippen molar-refractivity contribution in [1.82, 2.24) is 15.1 Å². The number of nitrogens with zero attached hydrogens (tertiary/aromatic N) is 2. The molecule has 0 aliphatic carbocycles. The van der Waals surface area contributed by atoms with E-state index >= 15 is 0 Å². The summed E-state index contributed by atoms with van der Waals surface area (Å²) in [6, 6.07) is 0.777. The number of rotatable bonds is 4. The van der Waals surface area contributed by atoms with Gasteiger partial charge >= 0.3 is 0 Å². The molecule has 1 atom stereocenters. The molecule has 1 N–H and O–H groups in total. The van der Waals surface area contributed by atoms with E-state index < -0.39 is 0 Å². The Bertz CT molecular complexity index is 224. The first-order valence-electron chi connectivity index (χ1n) is 7.92. The van der Waals surface area contributed by atoms with E-state index in [0.717, 1.165) is 12.0 Å². The van der Waals surface area contributed by atoms with Gasteiger partial charge in [-0.15, -0.1) is 0 Å². The zero-order valence-electron chi connectivity index (χ0n) is 12.3. The second kappa shape index (κ2) is 7.46. The minimum atomic E-state index is 0.777. The van der Waals surface area contributed by atoms with Crippen LogP contribution in [-0.2, 0) is 0 Å². The SMILES string of the molecule is CCN1CCC(CNC2CCCN(C)CC2)CC1. The molecule has 0 saturated carbocycles. The highest BCUT2D eigenvalue weighted by Crippen LogP contribution is 2.17. The molecule has 2 saturated heterocycles. The Hall–Kier alpha value is -0.120. The number of nitrogens with one attached hydrogen (secondary N) is 1. The molecule has 18 heavy (non-hydrogen) atoms. The third-order valence-corrected chi connectivity index (χ3v) is 4.80. The highest BCUT2D eigenvalue weighted by Gasteiger charge is 2.20. The minimum Gasteiger partial charge on any atom is -0.314 e. The second-order valence-corrected chi connectivity index (χ2v) is 6.22. The molecule has 0 amide bonds. The van der Waals surface area contributed by atoms with Crippen LogP contribution >= 0.6 is 0 Å². The van der Waals surface area contributed by atoms with Gasteiger partial charge in [-0.2, -0.15) is 0 Å². The third kappa shape index (κ3) is 4.52. The van der Waals surface area contributed by atoms with Crippen LogP contribution in [0.5, 0.6) is 0 Å². The van der Waals surface area contributed by atoms with Crippen molar-refractivity contribution < 1.29 is 0 Å². The van der Waals surface area contributed by atoms with E-state index in [1.54, 1.807) is 0 Å². The molecule has 106 valence electrons. The van der Waals surface area contributed by atoms with Gasteiger partial charge in [-0.1, -0.05) is 6.92 Å². The minimum absolute atomic E-state index is 0.777. The summed E-state index contributed by atoms with van der Waals surface area (Å²) in [7, 11) is 2.25. The summed E-state index contributed by atoms with van der Waals surface area (Å²) in [5, 5.41) is 3.84. The average molecular weight is 253 g/mol. The summed E-state index contributed by atoms with van der Waals surface area (Å²) in [4.78, 5) is 5.05. The van der Waals surface area contributed by atoms with Crippen LogP contribution in [0.1, 0.15) is 39.0 Å². The van der Waals surface area contributed by atoms with E-state index in [0.29, 0.717) is 0 Å². The van der Waals surface area contributed by atoms with Crippen molar-refractivity contribution in [1.29, 1.82) is 0 Å². The van der Waals surface area contributed by atoms with Crippen LogP contribution in [-0.4, -0.2) is 62.2 Å². The first-order chi connectivity index (χ1) is 8.78. The summed E-state index contributed by atoms with van der Waals surface area (Å²) < 4.78 is 0. The second-order valence-electron chi connectivity index (χ2n) is 6.22. The van der Waals surface area contributed by atoms with Crippen LogP contribution in [0, 0.1) is 5.92 Å². The first-order valence-corrected chi connectivity index (χ1v) is 7.92. The third-order valence-electron chi connectivity index (χ3n) is 4.80. The number of likely N-dealkylation sites (tertiary alicyclic amines) is 2. The lowest BCUT2D eigenvalue weighted by Crippen LogP contribution is -2.40. The van der Waals surface area contributed by atoms with E-state index in [1.165, 1.54) is 71.4 Å². The van der Waals surface area contributed by atoms with Crippen molar-refractivity contribution in [3.8, 4) is 0 Å². The molecule has 1 unspecified atom stereocenters. The van der Waals surface area contributed by atoms with Crippen LogP contribution in [0.4, 0.5) is 0 Å². The zero-order valence-corrected chi connectivity index (χ0v) is 12.3. The molecular formula is C15H31N3. The van der Waals surface area contributed by atoms with E-state index in [4.69, 9.17) is 0 Å². The topological polar surface area (TPSA) is 18.5 Å². The molecule has 2 fully saturated rings. The van der Waals surface area contributed by atoms with E-state index in [-0.39, 0.29) is 0 Å². The largest absolute Gasteiger partial charge is 0.314 e. The predicted molar refractivity (Wildman–Crippen MR) is 78.0 cm³/mol. The van der Waals surface area contributed by atoms with Gasteiger partial charge in [-0.3, -0.25) is 0 Å². The van der Waals surface area contributed by atoms with Crippen LogP contribution < -0.4 is 5.32 Å². The van der Waals surface area contributed by atoms with Crippen molar-refractivity contribution in [3.63, 3.8) is 0 Å². The molecule has 3 heteroatoms. The van der Waals surface area contributed by atoms with Gasteiger partial charge in [0, 0.05) is 6.04 Å². The molecule has 2 heterocycles. The Kier molecular flexibility index (Phi) is 5.93. The maximum atomic E-state index is 3.84. The molecular weight excluding hydrogens is 222 g/mol. The Morgan fingerprint density at radius 3 is 2.50 bits per heavy atom. The van der Waals surface area contributed by atoms with Crippen LogP contribution in [0.15, 0.2) is 0 Å². The lowest BCUT2D eigenvalue weighted by atomic mass is 9.96. The highest BCUT2D eigenvalue weighted by atomic mass is 15.1. The van der Waals surface area contributed by atoms with Crippen LogP contribution in [0.25, 0.3) is 0 Å². The summed E-state index contributed by atoms with van der Waals surface area (Å²) in [5.74, 6) is 0.925. The smallest absolute Gasteiger partial charge is 0.00798 e. The molecule has 2 rings (SSSR count). The molecule has 2 aliphatic rings. The van der Waals surface area contributed by atoms with Crippen molar-refractivity contribution in [2.75, 3.05) is 46.3 Å². The van der Waals surface area contributed by atoms with Crippen molar-refractivity contribution in [2.45, 2.75) is 45.1 Å². The van der Waals surface area contributed by atoms with E-state index in [1.807, 2.05) is 0 Å². The van der Waals surface area contributed by atoms with Gasteiger partial charge in [0.25, 0.3) is 0 Å². The van der Waals surface area contributed by atoms with Crippen molar-refractivity contribution in [2.24, 2.45) is 5.92 Å². The predicted octanol–water partition coefficient (Wildman–Crippen LogP) is 1.79. The van der Waals surface area contributed by atoms with Gasteiger partial charge in [-0.05, 0) is 84.3 Å². The Balaban J connectivity index is 1.62. The molecule has 0 aromatic heterocycles. The number of hydrogen-bond acceptors (Lipinski definition) is 3. The van der Waals surface area contributed by atoms with Gasteiger partial charge in [0.05, 0.1) is 0 Å². The van der Waals surface area contributed by atoms with Gasteiger partial charge in [0.1, 0.15) is 0 Å². The molecule has 0 bridgehead atoms. The van der Waals surface area contributed by atoms with E-state index in [9.17, 15) is 0 Å². The fraction of sp³-hybridized carbons (Fsp3) is 1.00. The van der Waals surface area contributed by atoms with Crippen molar-refractivity contribution >= 4 is 0 Å². The first kappa shape index (κ1) is 14.3. The van der Waals surface area contributed by atoms with Crippen molar-refractivity contribution in [3.05, 3.63) is 0 Å². The standard InChI is InChI=1S/C15H31N3/c1-3-18-11-6-14(7-12-18)13-16-15-5-4-9-17(2)10-8-15/h14-16H,3-13H2,1-2H3. The summed E-state index contributed by atoms with van der Waals surface area (Å²) in [5.41, 5.74) is 0.